The van der Waals surface area contributed by atoms with Crippen LogP contribution in [0.15, 0.2) is 18.2 Å². The second-order valence-corrected chi connectivity index (χ2v) is 4.22. The third kappa shape index (κ3) is 7.50. The molecule has 0 fully saturated rings. The molecule has 0 unspecified atom stereocenters. The van der Waals surface area contributed by atoms with Gasteiger partial charge >= 0.3 is 0 Å². The van der Waals surface area contributed by atoms with E-state index in [1.807, 2.05) is 18.2 Å². The van der Waals surface area contributed by atoms with Crippen molar-refractivity contribution in [1.82, 2.24) is 4.98 Å². The Balaban J connectivity index is 1.93. The second-order valence-electron chi connectivity index (χ2n) is 4.22. The van der Waals surface area contributed by atoms with E-state index in [-0.39, 0.29) is 26.4 Å². The molecule has 0 amide bonds. The Kier molecular flexibility index (Phi) is 5.83. The summed E-state index contributed by atoms with van der Waals surface area (Å²) in [6.07, 6.45) is 0. The van der Waals surface area contributed by atoms with Crippen molar-refractivity contribution < 1.29 is 29.2 Å². The average Bonchev–Trinajstić information content (AvgIpc) is 2.52. The zero-order valence-corrected chi connectivity index (χ0v) is 11.9. The number of fused-ring (bicyclic) bond motifs is 2. The van der Waals surface area contributed by atoms with E-state index in [1.165, 1.54) is 0 Å². The number of ether oxygens (including phenoxy) is 5. The molecule has 1 aliphatic heterocycles. The van der Waals surface area contributed by atoms with Crippen LogP contribution in [0.5, 0.6) is 0 Å². The zero-order valence-electron chi connectivity index (χ0n) is 15.9. The van der Waals surface area contributed by atoms with Crippen molar-refractivity contribution in [1.29, 1.82) is 0 Å². The Labute approximate surface area is 130 Å². The van der Waals surface area contributed by atoms with Crippen molar-refractivity contribution in [2.75, 3.05) is 52.8 Å². The van der Waals surface area contributed by atoms with Crippen LogP contribution >= 0.6 is 0 Å². The molecular weight excluding hydrogens is 274 g/mol. The maximum Gasteiger partial charge on any atom is 0.0889 e. The van der Waals surface area contributed by atoms with Crippen LogP contribution in [0.2, 0.25) is 0 Å². The highest BCUT2D eigenvalue weighted by atomic mass is 16.6. The number of hydrogen-bond acceptors (Lipinski definition) is 6. The second kappa shape index (κ2) is 10.6. The molecule has 0 saturated heterocycles. The molecule has 1 aromatic rings. The maximum absolute atomic E-state index is 7.67. The number of aromatic nitrogens is 1. The lowest BCUT2D eigenvalue weighted by atomic mass is 10.3. The Morgan fingerprint density at radius 1 is 0.714 bits per heavy atom. The summed E-state index contributed by atoms with van der Waals surface area (Å²) < 4.78 is 56.7. The van der Waals surface area contributed by atoms with Gasteiger partial charge in [-0.1, -0.05) is 6.07 Å². The minimum Gasteiger partial charge on any atom is -0.377 e. The van der Waals surface area contributed by atoms with E-state index in [4.69, 9.17) is 29.2 Å². The lowest BCUT2D eigenvalue weighted by Crippen LogP contribution is -2.14. The third-order valence-electron chi connectivity index (χ3n) is 2.57. The summed E-state index contributed by atoms with van der Waals surface area (Å²) >= 11 is 0. The third-order valence-corrected chi connectivity index (χ3v) is 2.57. The molecule has 0 atom stereocenters. The van der Waals surface area contributed by atoms with Crippen molar-refractivity contribution in [2.24, 2.45) is 0 Å². The quantitative estimate of drug-likeness (QED) is 0.717. The maximum atomic E-state index is 7.67. The predicted octanol–water partition coefficient (Wildman–Crippen LogP) is 1.18. The lowest BCUT2D eigenvalue weighted by Gasteiger charge is -2.09. The molecular formula is C15H23NO5. The van der Waals surface area contributed by atoms with Crippen LogP contribution in [-0.2, 0) is 36.9 Å². The summed E-state index contributed by atoms with van der Waals surface area (Å²) in [5, 5.41) is 0. The fourth-order valence-electron chi connectivity index (χ4n) is 1.62. The Morgan fingerprint density at radius 3 is 1.81 bits per heavy atom. The molecule has 2 rings (SSSR count). The van der Waals surface area contributed by atoms with Crippen molar-refractivity contribution in [3.05, 3.63) is 29.6 Å². The predicted molar refractivity (Wildman–Crippen MR) is 76.0 cm³/mol. The Bertz CT molecular complexity index is 491. The molecule has 6 nitrogen and oxygen atoms in total. The summed E-state index contributed by atoms with van der Waals surface area (Å²) in [6.45, 7) is -3.91. The van der Waals surface area contributed by atoms with E-state index in [0.29, 0.717) is 13.2 Å². The summed E-state index contributed by atoms with van der Waals surface area (Å²) in [7, 11) is 0. The molecule has 0 radical (unpaired) electrons. The van der Waals surface area contributed by atoms with Gasteiger partial charge in [-0.25, -0.2) is 0 Å². The first-order valence-corrected chi connectivity index (χ1v) is 6.82. The van der Waals surface area contributed by atoms with Gasteiger partial charge in [-0.3, -0.25) is 4.98 Å². The van der Waals surface area contributed by atoms with Gasteiger partial charge in [0.2, 0.25) is 0 Å². The molecule has 1 aliphatic rings. The van der Waals surface area contributed by atoms with E-state index < -0.39 is 26.3 Å². The van der Waals surface area contributed by atoms with Gasteiger partial charge in [0.1, 0.15) is 0 Å². The van der Waals surface area contributed by atoms with Crippen LogP contribution < -0.4 is 0 Å². The Morgan fingerprint density at radius 2 is 1.24 bits per heavy atom. The molecule has 0 N–H and O–H groups in total. The largest absolute Gasteiger partial charge is 0.377 e. The molecule has 118 valence electrons. The monoisotopic (exact) mass is 301 g/mol. The number of rotatable bonds is 0. The van der Waals surface area contributed by atoms with E-state index in [9.17, 15) is 0 Å². The first-order valence-electron chi connectivity index (χ1n) is 8.82. The summed E-state index contributed by atoms with van der Waals surface area (Å²) in [4.78, 5) is 4.41. The average molecular weight is 301 g/mol. The van der Waals surface area contributed by atoms with Gasteiger partial charge in [0, 0.05) is 0 Å². The van der Waals surface area contributed by atoms with Crippen molar-refractivity contribution in [3.63, 3.8) is 0 Å². The molecule has 0 aromatic carbocycles. The first-order chi connectivity index (χ1) is 11.9. The highest BCUT2D eigenvalue weighted by Gasteiger charge is 2.00. The molecule has 2 bridgehead atoms. The van der Waals surface area contributed by atoms with Gasteiger partial charge in [-0.2, -0.15) is 0 Å². The van der Waals surface area contributed by atoms with Crippen LogP contribution in [0.1, 0.15) is 16.9 Å². The first kappa shape index (κ1) is 11.5. The van der Waals surface area contributed by atoms with Crippen LogP contribution in [0.3, 0.4) is 0 Å². The van der Waals surface area contributed by atoms with E-state index in [0.717, 1.165) is 11.4 Å². The van der Waals surface area contributed by atoms with Crippen molar-refractivity contribution in [2.45, 2.75) is 13.2 Å². The molecule has 6 heteroatoms. The topological polar surface area (TPSA) is 59.0 Å². The summed E-state index contributed by atoms with van der Waals surface area (Å²) in [5.74, 6) is 0. The van der Waals surface area contributed by atoms with Gasteiger partial charge in [-0.05, 0) is 12.1 Å². The fraction of sp³-hybridized carbons (Fsp3) is 0.667. The molecule has 21 heavy (non-hydrogen) atoms. The summed E-state index contributed by atoms with van der Waals surface area (Å²) in [5.41, 5.74) is 1.54. The smallest absolute Gasteiger partial charge is 0.0889 e. The van der Waals surface area contributed by atoms with Crippen LogP contribution in [0, 0.1) is 0 Å². The van der Waals surface area contributed by atoms with Gasteiger partial charge < -0.3 is 23.7 Å². The van der Waals surface area contributed by atoms with Gasteiger partial charge in [0.15, 0.2) is 0 Å². The minimum atomic E-state index is -2.27. The molecule has 0 spiro atoms. The van der Waals surface area contributed by atoms with E-state index in [1.54, 1.807) is 0 Å². The molecule has 1 aromatic heterocycles. The van der Waals surface area contributed by atoms with E-state index >= 15 is 0 Å². The number of nitrogens with zero attached hydrogens (tertiary/aromatic N) is 1. The fourth-order valence-corrected chi connectivity index (χ4v) is 1.62. The number of hydrogen-bond donors (Lipinski definition) is 0. The normalized spacial score (nSPS) is 28.0. The van der Waals surface area contributed by atoms with Gasteiger partial charge in [0.25, 0.3) is 0 Å². The zero-order chi connectivity index (χ0) is 18.2. The SMILES string of the molecule is [2H]C1([2H])COCCOCc2cccc(n2)COCCOCC([2H])([2H])O1. The molecule has 2 heterocycles. The van der Waals surface area contributed by atoms with E-state index in [2.05, 4.69) is 4.98 Å². The lowest BCUT2D eigenvalue weighted by molar-refractivity contribution is -0.0152. The summed E-state index contributed by atoms with van der Waals surface area (Å²) in [6, 6.07) is 5.57. The highest BCUT2D eigenvalue weighted by molar-refractivity contribution is 5.09. The van der Waals surface area contributed by atoms with Crippen molar-refractivity contribution >= 4 is 0 Å². The van der Waals surface area contributed by atoms with Gasteiger partial charge in [0.05, 0.1) is 82.8 Å². The van der Waals surface area contributed by atoms with Crippen molar-refractivity contribution in [3.8, 4) is 0 Å². The highest BCUT2D eigenvalue weighted by Crippen LogP contribution is 2.03. The van der Waals surface area contributed by atoms with Crippen LogP contribution in [0.25, 0.3) is 0 Å². The molecule has 0 aliphatic carbocycles. The number of pyridine rings is 1. The van der Waals surface area contributed by atoms with Crippen LogP contribution in [-0.4, -0.2) is 57.7 Å². The standard InChI is InChI=1S/C15H23NO5/c1-2-14-12-20-10-8-18-6-4-17-5-7-19-9-11-21-13-15(3-1)16-14/h1-3H,4-13H2/i4D2,5D2. The molecule has 0 saturated carbocycles. The van der Waals surface area contributed by atoms with Gasteiger partial charge in [-0.15, -0.1) is 0 Å². The minimum absolute atomic E-state index is 0.158. The Hall–Kier alpha value is -1.05. The van der Waals surface area contributed by atoms with Crippen LogP contribution in [0.4, 0.5) is 0 Å².